The molecule has 0 atom stereocenters. The standard InChI is InChI=1S/C15H23NO3/c1-5-15(6-2,10-16)14(17)11-7-12(18-3)9-13(8-11)19-4/h7-9H,5-6,10,16H2,1-4H3. The van der Waals surface area contributed by atoms with Crippen LogP contribution in [0.15, 0.2) is 18.2 Å². The third-order valence-corrected chi connectivity index (χ3v) is 3.84. The third-order valence-electron chi connectivity index (χ3n) is 3.84. The Labute approximate surface area is 114 Å². The number of hydrogen-bond acceptors (Lipinski definition) is 4. The molecule has 0 aliphatic carbocycles. The van der Waals surface area contributed by atoms with Crippen LogP contribution in [0.25, 0.3) is 0 Å². The zero-order valence-corrected chi connectivity index (χ0v) is 12.2. The number of hydrogen-bond donors (Lipinski definition) is 1. The maximum atomic E-state index is 12.7. The van der Waals surface area contributed by atoms with E-state index in [2.05, 4.69) is 0 Å². The molecule has 0 aromatic heterocycles. The second-order valence-electron chi connectivity index (χ2n) is 4.62. The van der Waals surface area contributed by atoms with Crippen LogP contribution in [0.1, 0.15) is 37.0 Å². The summed E-state index contributed by atoms with van der Waals surface area (Å²) < 4.78 is 10.4. The van der Waals surface area contributed by atoms with Gasteiger partial charge in [-0.25, -0.2) is 0 Å². The van der Waals surface area contributed by atoms with Gasteiger partial charge in [0.2, 0.25) is 0 Å². The molecule has 0 radical (unpaired) electrons. The Hall–Kier alpha value is -1.55. The molecule has 0 heterocycles. The average molecular weight is 265 g/mol. The molecule has 0 spiro atoms. The highest BCUT2D eigenvalue weighted by molar-refractivity contribution is 6.01. The summed E-state index contributed by atoms with van der Waals surface area (Å²) in [7, 11) is 3.14. The van der Waals surface area contributed by atoms with Crippen molar-refractivity contribution >= 4 is 5.78 Å². The molecule has 1 rings (SSSR count). The van der Waals surface area contributed by atoms with Crippen LogP contribution in [0.4, 0.5) is 0 Å². The predicted octanol–water partition coefficient (Wildman–Crippen LogP) is 2.65. The van der Waals surface area contributed by atoms with Gasteiger partial charge in [-0.1, -0.05) is 13.8 Å². The maximum Gasteiger partial charge on any atom is 0.170 e. The number of methoxy groups -OCH3 is 2. The summed E-state index contributed by atoms with van der Waals surface area (Å²) in [6, 6.07) is 5.22. The van der Waals surface area contributed by atoms with E-state index >= 15 is 0 Å². The van der Waals surface area contributed by atoms with E-state index in [1.807, 2.05) is 13.8 Å². The van der Waals surface area contributed by atoms with Gasteiger partial charge in [-0.2, -0.15) is 0 Å². The van der Waals surface area contributed by atoms with Gasteiger partial charge in [0, 0.05) is 23.6 Å². The lowest BCUT2D eigenvalue weighted by Gasteiger charge is -2.28. The number of ketones is 1. The first-order chi connectivity index (χ1) is 9.06. The van der Waals surface area contributed by atoms with Crippen LogP contribution >= 0.6 is 0 Å². The molecule has 0 bridgehead atoms. The zero-order chi connectivity index (χ0) is 14.5. The van der Waals surface area contributed by atoms with Crippen LogP contribution in [-0.2, 0) is 0 Å². The van der Waals surface area contributed by atoms with Crippen LogP contribution in [0.3, 0.4) is 0 Å². The Balaban J connectivity index is 3.24. The van der Waals surface area contributed by atoms with E-state index in [0.717, 1.165) is 12.8 Å². The molecule has 0 amide bonds. The monoisotopic (exact) mass is 265 g/mol. The minimum atomic E-state index is -0.503. The number of nitrogens with two attached hydrogens (primary N) is 1. The highest BCUT2D eigenvalue weighted by Crippen LogP contribution is 2.32. The fourth-order valence-corrected chi connectivity index (χ4v) is 2.20. The van der Waals surface area contributed by atoms with Crippen LogP contribution in [-0.4, -0.2) is 26.5 Å². The first-order valence-electron chi connectivity index (χ1n) is 6.54. The van der Waals surface area contributed by atoms with Crippen molar-refractivity contribution < 1.29 is 14.3 Å². The number of benzene rings is 1. The second-order valence-corrected chi connectivity index (χ2v) is 4.62. The van der Waals surface area contributed by atoms with Crippen LogP contribution in [0.2, 0.25) is 0 Å². The summed E-state index contributed by atoms with van der Waals surface area (Å²) >= 11 is 0. The Kier molecular flexibility index (Phi) is 5.36. The predicted molar refractivity (Wildman–Crippen MR) is 75.9 cm³/mol. The zero-order valence-electron chi connectivity index (χ0n) is 12.2. The minimum Gasteiger partial charge on any atom is -0.497 e. The first-order valence-corrected chi connectivity index (χ1v) is 6.54. The first kappa shape index (κ1) is 15.5. The largest absolute Gasteiger partial charge is 0.497 e. The Morgan fingerprint density at radius 3 is 1.89 bits per heavy atom. The molecule has 2 N–H and O–H groups in total. The topological polar surface area (TPSA) is 61.6 Å². The molecular weight excluding hydrogens is 242 g/mol. The summed E-state index contributed by atoms with van der Waals surface area (Å²) in [6.45, 7) is 4.33. The van der Waals surface area contributed by atoms with Crippen molar-refractivity contribution in [1.82, 2.24) is 0 Å². The molecule has 106 valence electrons. The van der Waals surface area contributed by atoms with E-state index in [0.29, 0.717) is 23.6 Å². The molecule has 0 saturated heterocycles. The van der Waals surface area contributed by atoms with Gasteiger partial charge in [0.15, 0.2) is 5.78 Å². The SMILES string of the molecule is CCC(CC)(CN)C(=O)c1cc(OC)cc(OC)c1. The van der Waals surface area contributed by atoms with E-state index in [-0.39, 0.29) is 5.78 Å². The molecule has 0 aliphatic rings. The lowest BCUT2D eigenvalue weighted by molar-refractivity contribution is 0.0786. The highest BCUT2D eigenvalue weighted by atomic mass is 16.5. The smallest absolute Gasteiger partial charge is 0.170 e. The fraction of sp³-hybridized carbons (Fsp3) is 0.533. The van der Waals surface area contributed by atoms with Gasteiger partial charge < -0.3 is 15.2 Å². The maximum absolute atomic E-state index is 12.7. The number of ether oxygens (including phenoxy) is 2. The highest BCUT2D eigenvalue weighted by Gasteiger charge is 2.34. The number of carbonyl (C=O) groups excluding carboxylic acids is 1. The van der Waals surface area contributed by atoms with Gasteiger partial charge >= 0.3 is 0 Å². The molecular formula is C15H23NO3. The van der Waals surface area contributed by atoms with Crippen molar-refractivity contribution in [2.75, 3.05) is 20.8 Å². The summed E-state index contributed by atoms with van der Waals surface area (Å²) in [4.78, 5) is 12.7. The van der Waals surface area contributed by atoms with Crippen molar-refractivity contribution in [2.24, 2.45) is 11.1 Å². The van der Waals surface area contributed by atoms with E-state index in [4.69, 9.17) is 15.2 Å². The molecule has 19 heavy (non-hydrogen) atoms. The van der Waals surface area contributed by atoms with Gasteiger partial charge in [-0.3, -0.25) is 4.79 Å². The van der Waals surface area contributed by atoms with Gasteiger partial charge in [-0.15, -0.1) is 0 Å². The molecule has 4 heteroatoms. The molecule has 0 unspecified atom stereocenters. The normalized spacial score (nSPS) is 11.2. The molecule has 1 aromatic rings. The summed E-state index contributed by atoms with van der Waals surface area (Å²) in [5, 5.41) is 0. The van der Waals surface area contributed by atoms with E-state index in [1.165, 1.54) is 0 Å². The van der Waals surface area contributed by atoms with Crippen molar-refractivity contribution in [1.29, 1.82) is 0 Å². The Bertz CT molecular complexity index is 409. The molecule has 0 saturated carbocycles. The third kappa shape index (κ3) is 3.07. The van der Waals surface area contributed by atoms with Gasteiger partial charge in [0.1, 0.15) is 11.5 Å². The van der Waals surface area contributed by atoms with Crippen LogP contribution < -0.4 is 15.2 Å². The summed E-state index contributed by atoms with van der Waals surface area (Å²) in [5.74, 6) is 1.28. The van der Waals surface area contributed by atoms with Gasteiger partial charge in [0.25, 0.3) is 0 Å². The van der Waals surface area contributed by atoms with Crippen LogP contribution in [0.5, 0.6) is 11.5 Å². The number of Topliss-reactive ketones (excluding diaryl/α,β-unsaturated/α-hetero) is 1. The number of rotatable bonds is 7. The van der Waals surface area contributed by atoms with Gasteiger partial charge in [0.05, 0.1) is 14.2 Å². The Morgan fingerprint density at radius 1 is 1.11 bits per heavy atom. The van der Waals surface area contributed by atoms with Crippen molar-refractivity contribution in [3.8, 4) is 11.5 Å². The lowest BCUT2D eigenvalue weighted by Crippen LogP contribution is -2.37. The van der Waals surface area contributed by atoms with Crippen LogP contribution in [0, 0.1) is 5.41 Å². The summed E-state index contributed by atoms with van der Waals surface area (Å²) in [5.41, 5.74) is 5.91. The quantitative estimate of drug-likeness (QED) is 0.770. The minimum absolute atomic E-state index is 0.0530. The number of carbonyl (C=O) groups is 1. The fourth-order valence-electron chi connectivity index (χ4n) is 2.20. The lowest BCUT2D eigenvalue weighted by atomic mass is 9.76. The van der Waals surface area contributed by atoms with E-state index in [9.17, 15) is 4.79 Å². The summed E-state index contributed by atoms with van der Waals surface area (Å²) in [6.07, 6.45) is 1.44. The van der Waals surface area contributed by atoms with Crippen molar-refractivity contribution in [2.45, 2.75) is 26.7 Å². The average Bonchev–Trinajstić information content (AvgIpc) is 2.48. The van der Waals surface area contributed by atoms with Crippen molar-refractivity contribution in [3.05, 3.63) is 23.8 Å². The van der Waals surface area contributed by atoms with E-state index in [1.54, 1.807) is 32.4 Å². The molecule has 1 aromatic carbocycles. The molecule has 0 aliphatic heterocycles. The van der Waals surface area contributed by atoms with Crippen molar-refractivity contribution in [3.63, 3.8) is 0 Å². The van der Waals surface area contributed by atoms with Gasteiger partial charge in [-0.05, 0) is 25.0 Å². The second kappa shape index (κ2) is 6.57. The van der Waals surface area contributed by atoms with E-state index < -0.39 is 5.41 Å². The molecule has 4 nitrogen and oxygen atoms in total. The molecule has 0 fully saturated rings. The Morgan fingerprint density at radius 2 is 1.58 bits per heavy atom.